The summed E-state index contributed by atoms with van der Waals surface area (Å²) in [4.78, 5) is 12.4. The van der Waals surface area contributed by atoms with Crippen LogP contribution >= 0.6 is 15.9 Å². The second kappa shape index (κ2) is 6.11. The Morgan fingerprint density at radius 2 is 1.75 bits per heavy atom. The average Bonchev–Trinajstić information content (AvgIpc) is 2.65. The topological polar surface area (TPSA) is 77.9 Å². The average molecular weight is 363 g/mol. The number of benzene rings is 1. The fraction of sp³-hybridized carbons (Fsp3) is 0.417. The molecule has 0 saturated carbocycles. The van der Waals surface area contributed by atoms with Gasteiger partial charge in [0.25, 0.3) is 0 Å². The van der Waals surface area contributed by atoms with Crippen molar-refractivity contribution in [3.05, 3.63) is 28.7 Å². The van der Waals surface area contributed by atoms with Crippen LogP contribution in [0.3, 0.4) is 0 Å². The van der Waals surface area contributed by atoms with Crippen LogP contribution in [0.5, 0.6) is 0 Å². The van der Waals surface area contributed by atoms with Gasteiger partial charge in [0, 0.05) is 30.7 Å². The van der Waals surface area contributed by atoms with Crippen molar-refractivity contribution in [1.82, 2.24) is 9.21 Å². The molecule has 1 aromatic carbocycles. The first kappa shape index (κ1) is 15.3. The third kappa shape index (κ3) is 3.31. The summed E-state index contributed by atoms with van der Waals surface area (Å²) in [6.45, 7) is 1.08. The minimum absolute atomic E-state index is 0.185. The molecule has 6 nitrogen and oxygen atoms in total. The van der Waals surface area contributed by atoms with Crippen molar-refractivity contribution >= 4 is 32.0 Å². The van der Waals surface area contributed by atoms with Crippen molar-refractivity contribution < 1.29 is 18.3 Å². The van der Waals surface area contributed by atoms with E-state index in [4.69, 9.17) is 5.11 Å². The van der Waals surface area contributed by atoms with Crippen LogP contribution in [-0.2, 0) is 10.0 Å². The molecule has 1 N–H and O–H groups in total. The van der Waals surface area contributed by atoms with Crippen LogP contribution in [0.15, 0.2) is 33.6 Å². The monoisotopic (exact) mass is 362 g/mol. The Morgan fingerprint density at radius 3 is 2.35 bits per heavy atom. The van der Waals surface area contributed by atoms with Gasteiger partial charge in [0.2, 0.25) is 10.0 Å². The number of nitrogens with zero attached hydrogens (tertiary/aromatic N) is 2. The molecule has 0 aliphatic carbocycles. The number of rotatable bonds is 2. The Kier molecular flexibility index (Phi) is 4.66. The molecule has 0 atom stereocenters. The first-order valence-electron chi connectivity index (χ1n) is 6.15. The van der Waals surface area contributed by atoms with E-state index in [9.17, 15) is 13.2 Å². The smallest absolute Gasteiger partial charge is 0.407 e. The number of sulfonamides is 1. The van der Waals surface area contributed by atoms with Gasteiger partial charge in [-0.1, -0.05) is 15.9 Å². The van der Waals surface area contributed by atoms with Gasteiger partial charge >= 0.3 is 6.09 Å². The van der Waals surface area contributed by atoms with Crippen molar-refractivity contribution in [2.45, 2.75) is 11.3 Å². The maximum atomic E-state index is 12.5. The second-order valence-electron chi connectivity index (χ2n) is 4.48. The minimum atomic E-state index is -3.56. The van der Waals surface area contributed by atoms with Gasteiger partial charge in [0.15, 0.2) is 0 Å². The van der Waals surface area contributed by atoms with E-state index < -0.39 is 16.1 Å². The largest absolute Gasteiger partial charge is 0.465 e. The molecular weight excluding hydrogens is 348 g/mol. The number of hydrogen-bond donors (Lipinski definition) is 1. The van der Waals surface area contributed by atoms with Crippen molar-refractivity contribution in [1.29, 1.82) is 0 Å². The van der Waals surface area contributed by atoms with Gasteiger partial charge in [-0.2, -0.15) is 4.31 Å². The molecule has 1 aliphatic heterocycles. The van der Waals surface area contributed by atoms with E-state index in [2.05, 4.69) is 15.9 Å². The number of hydrogen-bond acceptors (Lipinski definition) is 3. The third-order valence-corrected chi connectivity index (χ3v) is 5.62. The Labute approximate surface area is 126 Å². The zero-order chi connectivity index (χ0) is 14.8. The van der Waals surface area contributed by atoms with Crippen LogP contribution in [0, 0.1) is 0 Å². The van der Waals surface area contributed by atoms with E-state index in [0.29, 0.717) is 19.5 Å². The summed E-state index contributed by atoms with van der Waals surface area (Å²) in [7, 11) is -3.56. The van der Waals surface area contributed by atoms with Gasteiger partial charge in [-0.3, -0.25) is 0 Å². The standard InChI is InChI=1S/C12H15BrN2O4S/c13-10-2-4-11(5-3-10)20(18,19)15-7-1-6-14(8-9-15)12(16)17/h2-5H,1,6-9H2,(H,16,17). The summed E-state index contributed by atoms with van der Waals surface area (Å²) < 4.78 is 27.1. The van der Waals surface area contributed by atoms with Gasteiger partial charge in [-0.15, -0.1) is 0 Å². The molecule has 110 valence electrons. The molecule has 2 rings (SSSR count). The summed E-state index contributed by atoms with van der Waals surface area (Å²) in [5.41, 5.74) is 0. The summed E-state index contributed by atoms with van der Waals surface area (Å²) in [5, 5.41) is 8.95. The molecule has 1 saturated heterocycles. The van der Waals surface area contributed by atoms with Gasteiger partial charge in [0.05, 0.1) is 4.90 Å². The zero-order valence-corrected chi connectivity index (χ0v) is 13.1. The van der Waals surface area contributed by atoms with Gasteiger partial charge in [0.1, 0.15) is 0 Å². The van der Waals surface area contributed by atoms with E-state index in [0.717, 1.165) is 4.47 Å². The van der Waals surface area contributed by atoms with Gasteiger partial charge < -0.3 is 10.0 Å². The lowest BCUT2D eigenvalue weighted by atomic mass is 10.4. The third-order valence-electron chi connectivity index (χ3n) is 3.18. The molecule has 8 heteroatoms. The van der Waals surface area contributed by atoms with Crippen LogP contribution in [-0.4, -0.2) is 55.0 Å². The molecule has 1 aliphatic rings. The van der Waals surface area contributed by atoms with Crippen LogP contribution in [0.2, 0.25) is 0 Å². The Balaban J connectivity index is 2.18. The van der Waals surface area contributed by atoms with Crippen LogP contribution in [0.1, 0.15) is 6.42 Å². The van der Waals surface area contributed by atoms with Crippen LogP contribution in [0.25, 0.3) is 0 Å². The van der Waals surface area contributed by atoms with Crippen LogP contribution < -0.4 is 0 Å². The molecule has 20 heavy (non-hydrogen) atoms. The summed E-state index contributed by atoms with van der Waals surface area (Å²) >= 11 is 3.26. The maximum absolute atomic E-state index is 12.5. The lowest BCUT2D eigenvalue weighted by Gasteiger charge is -2.20. The fourth-order valence-electron chi connectivity index (χ4n) is 2.08. The molecule has 0 bridgehead atoms. The number of amides is 1. The molecule has 1 heterocycles. The Bertz CT molecular complexity index is 588. The lowest BCUT2D eigenvalue weighted by molar-refractivity contribution is 0.147. The van der Waals surface area contributed by atoms with Gasteiger partial charge in [-0.05, 0) is 30.7 Å². The molecule has 0 aromatic heterocycles. The minimum Gasteiger partial charge on any atom is -0.465 e. The highest BCUT2D eigenvalue weighted by molar-refractivity contribution is 9.10. The summed E-state index contributed by atoms with van der Waals surface area (Å²) in [6, 6.07) is 6.43. The first-order valence-corrected chi connectivity index (χ1v) is 8.38. The number of carboxylic acid groups (broad SMARTS) is 1. The molecule has 0 spiro atoms. The normalized spacial score (nSPS) is 17.8. The van der Waals surface area contributed by atoms with E-state index in [1.807, 2.05) is 0 Å². The second-order valence-corrected chi connectivity index (χ2v) is 7.33. The van der Waals surface area contributed by atoms with E-state index >= 15 is 0 Å². The number of halogens is 1. The molecule has 0 unspecified atom stereocenters. The predicted molar refractivity (Wildman–Crippen MR) is 77.1 cm³/mol. The highest BCUT2D eigenvalue weighted by Gasteiger charge is 2.27. The fourth-order valence-corrected chi connectivity index (χ4v) is 3.82. The van der Waals surface area contributed by atoms with E-state index in [1.54, 1.807) is 24.3 Å². The molecule has 1 amide bonds. The quantitative estimate of drug-likeness (QED) is 0.870. The van der Waals surface area contributed by atoms with Crippen molar-refractivity contribution in [3.63, 3.8) is 0 Å². The molecular formula is C12H15BrN2O4S. The summed E-state index contributed by atoms with van der Waals surface area (Å²) in [6.07, 6.45) is -0.505. The highest BCUT2D eigenvalue weighted by Crippen LogP contribution is 2.20. The van der Waals surface area contributed by atoms with Crippen molar-refractivity contribution in [3.8, 4) is 0 Å². The highest BCUT2D eigenvalue weighted by atomic mass is 79.9. The van der Waals surface area contributed by atoms with E-state index in [-0.39, 0.29) is 18.0 Å². The lowest BCUT2D eigenvalue weighted by Crippen LogP contribution is -2.36. The molecule has 1 fully saturated rings. The van der Waals surface area contributed by atoms with Crippen molar-refractivity contribution in [2.75, 3.05) is 26.2 Å². The Hall–Kier alpha value is -1.12. The Morgan fingerprint density at radius 1 is 1.10 bits per heavy atom. The predicted octanol–water partition coefficient (Wildman–Crippen LogP) is 1.82. The van der Waals surface area contributed by atoms with Crippen LogP contribution in [0.4, 0.5) is 4.79 Å². The number of carbonyl (C=O) groups is 1. The SMILES string of the molecule is O=C(O)N1CCCN(S(=O)(=O)c2ccc(Br)cc2)CC1. The maximum Gasteiger partial charge on any atom is 0.407 e. The summed E-state index contributed by atoms with van der Waals surface area (Å²) in [5.74, 6) is 0. The van der Waals surface area contributed by atoms with Gasteiger partial charge in [-0.25, -0.2) is 13.2 Å². The zero-order valence-electron chi connectivity index (χ0n) is 10.7. The first-order chi connectivity index (χ1) is 9.41. The molecule has 0 radical (unpaired) electrons. The molecule has 1 aromatic rings. The van der Waals surface area contributed by atoms with E-state index in [1.165, 1.54) is 9.21 Å². The van der Waals surface area contributed by atoms with Crippen molar-refractivity contribution in [2.24, 2.45) is 0 Å².